The van der Waals surface area contributed by atoms with Gasteiger partial charge in [-0.1, -0.05) is 43.5 Å². The lowest BCUT2D eigenvalue weighted by molar-refractivity contribution is -0.153. The Hall–Kier alpha value is -2.94. The molecule has 0 aliphatic heterocycles. The van der Waals surface area contributed by atoms with E-state index >= 15 is 0 Å². The van der Waals surface area contributed by atoms with Crippen LogP contribution in [-0.2, 0) is 22.6 Å². The molecule has 2 aliphatic carbocycles. The third kappa shape index (κ3) is 6.73. The van der Waals surface area contributed by atoms with Crippen molar-refractivity contribution in [2.45, 2.75) is 83.0 Å². The quantitative estimate of drug-likeness (QED) is 0.141. The Morgan fingerprint density at radius 1 is 0.921 bits per heavy atom. The van der Waals surface area contributed by atoms with Crippen LogP contribution in [0.2, 0.25) is 0 Å². The van der Waals surface area contributed by atoms with E-state index in [4.69, 9.17) is 9.94 Å². The molecule has 1 aromatic heterocycles. The van der Waals surface area contributed by atoms with E-state index in [-0.39, 0.29) is 18.1 Å². The molecule has 7 nitrogen and oxygen atoms in total. The number of benzene rings is 2. The average molecular weight is 536 g/mol. The number of ether oxygens (including phenoxy) is 1. The Bertz CT molecular complexity index is 1250. The summed E-state index contributed by atoms with van der Waals surface area (Å²) in [5.41, 5.74) is 4.93. The van der Waals surface area contributed by atoms with E-state index in [2.05, 4.69) is 28.8 Å². The first-order valence-corrected chi connectivity index (χ1v) is 14.6. The van der Waals surface area contributed by atoms with E-state index in [1.165, 1.54) is 30.6 Å². The molecule has 1 atom stereocenters. The van der Waals surface area contributed by atoms with Crippen molar-refractivity contribution in [2.24, 2.45) is 5.92 Å². The van der Waals surface area contributed by atoms with Gasteiger partial charge in [-0.25, -0.2) is 5.48 Å². The van der Waals surface area contributed by atoms with Crippen molar-refractivity contribution >= 4 is 39.0 Å². The Morgan fingerprint density at radius 3 is 2.47 bits per heavy atom. The number of carbonyl (C=O) groups is 2. The van der Waals surface area contributed by atoms with Crippen LogP contribution >= 0.6 is 11.3 Å². The molecule has 2 fully saturated rings. The SMILES string of the molecule is O=C(NO)c1cc2ccc(CNc3cccc(CNC(C(=O)OC4CCCC4)C4CCCCC4)c3)cc2s1. The zero-order chi connectivity index (χ0) is 26.3. The summed E-state index contributed by atoms with van der Waals surface area (Å²) in [4.78, 5) is 25.4. The molecule has 38 heavy (non-hydrogen) atoms. The molecule has 2 aliphatic rings. The topological polar surface area (TPSA) is 99.7 Å². The fraction of sp³-hybridized carbons (Fsp3) is 0.467. The van der Waals surface area contributed by atoms with E-state index in [1.54, 1.807) is 11.5 Å². The lowest BCUT2D eigenvalue weighted by atomic mass is 9.83. The van der Waals surface area contributed by atoms with Gasteiger partial charge in [0.2, 0.25) is 0 Å². The summed E-state index contributed by atoms with van der Waals surface area (Å²) in [6.07, 6.45) is 10.2. The van der Waals surface area contributed by atoms with Gasteiger partial charge in [0.05, 0.1) is 4.88 Å². The highest BCUT2D eigenvalue weighted by Crippen LogP contribution is 2.30. The van der Waals surface area contributed by atoms with Crippen LogP contribution in [0.3, 0.4) is 0 Å². The van der Waals surface area contributed by atoms with Gasteiger partial charge in [-0.05, 0) is 85.2 Å². The third-order valence-corrected chi connectivity index (χ3v) is 8.92. The molecule has 1 unspecified atom stereocenters. The average Bonchev–Trinajstić information content (AvgIpc) is 3.62. The molecule has 2 saturated carbocycles. The second-order valence-electron chi connectivity index (χ2n) is 10.6. The number of fused-ring (bicyclic) bond motifs is 1. The molecule has 1 heterocycles. The minimum Gasteiger partial charge on any atom is -0.461 e. The number of carbonyl (C=O) groups excluding carboxylic acids is 2. The maximum atomic E-state index is 13.2. The predicted octanol–water partition coefficient (Wildman–Crippen LogP) is 6.16. The van der Waals surface area contributed by atoms with E-state index in [1.807, 2.05) is 24.3 Å². The van der Waals surface area contributed by atoms with Gasteiger partial charge in [0.1, 0.15) is 12.1 Å². The zero-order valence-electron chi connectivity index (χ0n) is 21.7. The maximum Gasteiger partial charge on any atom is 0.323 e. The molecule has 4 N–H and O–H groups in total. The highest BCUT2D eigenvalue weighted by Gasteiger charge is 2.32. The Kier molecular flexibility index (Phi) is 8.94. The number of nitrogens with one attached hydrogen (secondary N) is 3. The number of hydrogen-bond donors (Lipinski definition) is 4. The van der Waals surface area contributed by atoms with E-state index in [9.17, 15) is 9.59 Å². The number of thiophene rings is 1. The Labute approximate surface area is 227 Å². The monoisotopic (exact) mass is 535 g/mol. The lowest BCUT2D eigenvalue weighted by Crippen LogP contribution is -2.45. The summed E-state index contributed by atoms with van der Waals surface area (Å²) < 4.78 is 6.93. The van der Waals surface area contributed by atoms with Crippen molar-refractivity contribution in [3.05, 3.63) is 64.5 Å². The highest BCUT2D eigenvalue weighted by atomic mass is 32.1. The second-order valence-corrected chi connectivity index (χ2v) is 11.7. The van der Waals surface area contributed by atoms with Gasteiger partial charge in [0, 0.05) is 23.5 Å². The predicted molar refractivity (Wildman–Crippen MR) is 150 cm³/mol. The smallest absolute Gasteiger partial charge is 0.323 e. The maximum absolute atomic E-state index is 13.2. The van der Waals surface area contributed by atoms with Gasteiger partial charge in [0.15, 0.2) is 0 Å². The normalized spacial score (nSPS) is 17.4. The van der Waals surface area contributed by atoms with Gasteiger partial charge in [-0.2, -0.15) is 0 Å². The summed E-state index contributed by atoms with van der Waals surface area (Å²) in [5.74, 6) is -0.217. The minimum absolute atomic E-state index is 0.0679. The molecule has 0 radical (unpaired) electrons. The van der Waals surface area contributed by atoms with Gasteiger partial charge in [-0.3, -0.25) is 14.8 Å². The first-order chi connectivity index (χ1) is 18.6. The van der Waals surface area contributed by atoms with Crippen molar-refractivity contribution in [1.29, 1.82) is 0 Å². The zero-order valence-corrected chi connectivity index (χ0v) is 22.5. The third-order valence-electron chi connectivity index (χ3n) is 7.82. The van der Waals surface area contributed by atoms with E-state index < -0.39 is 5.91 Å². The van der Waals surface area contributed by atoms with Crippen molar-refractivity contribution in [2.75, 3.05) is 5.32 Å². The van der Waals surface area contributed by atoms with Crippen LogP contribution in [0.25, 0.3) is 10.1 Å². The van der Waals surface area contributed by atoms with Gasteiger partial charge in [0.25, 0.3) is 5.91 Å². The van der Waals surface area contributed by atoms with Crippen molar-refractivity contribution in [1.82, 2.24) is 10.8 Å². The molecule has 0 spiro atoms. The molecule has 8 heteroatoms. The van der Waals surface area contributed by atoms with Gasteiger partial charge in [-0.15, -0.1) is 11.3 Å². The molecule has 202 valence electrons. The molecule has 0 saturated heterocycles. The molecule has 0 bridgehead atoms. The van der Waals surface area contributed by atoms with Crippen molar-refractivity contribution in [3.8, 4) is 0 Å². The van der Waals surface area contributed by atoms with Crippen LogP contribution in [0.5, 0.6) is 0 Å². The van der Waals surface area contributed by atoms with Crippen LogP contribution in [0.15, 0.2) is 48.5 Å². The van der Waals surface area contributed by atoms with Crippen LogP contribution < -0.4 is 16.1 Å². The van der Waals surface area contributed by atoms with E-state index in [0.717, 1.165) is 65.4 Å². The summed E-state index contributed by atoms with van der Waals surface area (Å²) in [5, 5.41) is 16.9. The van der Waals surface area contributed by atoms with Crippen LogP contribution in [0.4, 0.5) is 5.69 Å². The number of hydrogen-bond acceptors (Lipinski definition) is 7. The molecule has 3 aromatic rings. The van der Waals surface area contributed by atoms with Crippen molar-refractivity contribution < 1.29 is 19.5 Å². The van der Waals surface area contributed by atoms with Crippen LogP contribution in [0, 0.1) is 5.92 Å². The Balaban J connectivity index is 1.20. The summed E-state index contributed by atoms with van der Waals surface area (Å²) in [6.45, 7) is 1.26. The fourth-order valence-electron chi connectivity index (χ4n) is 5.73. The minimum atomic E-state index is -0.492. The number of rotatable bonds is 10. The largest absolute Gasteiger partial charge is 0.461 e. The van der Waals surface area contributed by atoms with Gasteiger partial charge >= 0.3 is 5.97 Å². The summed E-state index contributed by atoms with van der Waals surface area (Å²) in [6, 6.07) is 15.9. The van der Waals surface area contributed by atoms with Gasteiger partial charge < -0.3 is 15.4 Å². The van der Waals surface area contributed by atoms with E-state index in [0.29, 0.717) is 23.9 Å². The molecule has 2 aromatic carbocycles. The second kappa shape index (κ2) is 12.7. The highest BCUT2D eigenvalue weighted by molar-refractivity contribution is 7.20. The molecular weight excluding hydrogens is 498 g/mol. The van der Waals surface area contributed by atoms with Crippen LogP contribution in [-0.4, -0.2) is 29.2 Å². The first kappa shape index (κ1) is 26.7. The van der Waals surface area contributed by atoms with Crippen LogP contribution in [0.1, 0.15) is 78.6 Å². The Morgan fingerprint density at radius 2 is 1.68 bits per heavy atom. The number of amides is 1. The summed E-state index contributed by atoms with van der Waals surface area (Å²) >= 11 is 1.36. The number of anilines is 1. The molecule has 1 amide bonds. The lowest BCUT2D eigenvalue weighted by Gasteiger charge is -2.30. The number of esters is 1. The molecule has 5 rings (SSSR count). The summed E-state index contributed by atoms with van der Waals surface area (Å²) in [7, 11) is 0. The molecular formula is C30H37N3O4S. The van der Waals surface area contributed by atoms with Crippen molar-refractivity contribution in [3.63, 3.8) is 0 Å². The number of hydroxylamine groups is 1. The fourth-order valence-corrected chi connectivity index (χ4v) is 6.75. The standard InChI is InChI=1S/C30H37N3O4S/c34-29(33-36)27-17-23-14-13-21(16-26(23)38-27)18-31-24-10-6-7-20(15-24)19-32-28(22-8-2-1-3-9-22)30(35)37-25-11-4-5-12-25/h6-7,10,13-17,22,25,28,31-32,36H,1-5,8-9,11-12,18-19H2,(H,33,34). The first-order valence-electron chi connectivity index (χ1n) is 13.8.